The monoisotopic (exact) mass is 348 g/mol. The van der Waals surface area contributed by atoms with E-state index in [0.717, 1.165) is 29.4 Å². The Balaban J connectivity index is 1.60. The lowest BCUT2D eigenvalue weighted by Gasteiger charge is -2.07. The van der Waals surface area contributed by atoms with Gasteiger partial charge in [-0.1, -0.05) is 42.5 Å². The Bertz CT molecular complexity index is 989. The minimum absolute atomic E-state index is 0.232. The molecule has 0 atom stereocenters. The number of aromatic nitrogens is 1. The molecule has 1 aliphatic rings. The van der Waals surface area contributed by atoms with E-state index in [2.05, 4.69) is 52.5 Å². The summed E-state index contributed by atoms with van der Waals surface area (Å²) in [5.74, 6) is 0. The fraction of sp³-hybridized carbons (Fsp3) is 0.100. The van der Waals surface area contributed by atoms with Crippen LogP contribution in [0.3, 0.4) is 0 Å². The first-order valence-electron chi connectivity index (χ1n) is 8.07. The number of rotatable bonds is 4. The Kier molecular flexibility index (Phi) is 4.15. The topological polar surface area (TPSA) is 51.1 Å². The number of carbonyl (C=O) groups is 2. The van der Waals surface area contributed by atoms with Gasteiger partial charge in [0.25, 0.3) is 5.24 Å². The SMILES string of the molecule is O=C1NC(=Cc2ccc3ccn(CCc4ccccc4)c3c2)C(=O)S1. The first-order chi connectivity index (χ1) is 12.2. The molecular formula is C20H16N2O2S. The molecule has 0 spiro atoms. The zero-order chi connectivity index (χ0) is 17.2. The maximum atomic E-state index is 11.7. The molecular weight excluding hydrogens is 332 g/mol. The lowest BCUT2D eigenvalue weighted by Crippen LogP contribution is -2.10. The van der Waals surface area contributed by atoms with Gasteiger partial charge in [-0.05, 0) is 41.1 Å². The van der Waals surface area contributed by atoms with Gasteiger partial charge in [-0.25, -0.2) is 0 Å². The van der Waals surface area contributed by atoms with Gasteiger partial charge in [0.2, 0.25) is 5.12 Å². The maximum Gasteiger partial charge on any atom is 0.291 e. The van der Waals surface area contributed by atoms with Crippen LogP contribution in [-0.2, 0) is 17.8 Å². The molecule has 1 fully saturated rings. The third kappa shape index (κ3) is 3.37. The summed E-state index contributed by atoms with van der Waals surface area (Å²) >= 11 is 0.700. The second-order valence-electron chi connectivity index (χ2n) is 5.92. The van der Waals surface area contributed by atoms with Crippen LogP contribution >= 0.6 is 11.8 Å². The summed E-state index contributed by atoms with van der Waals surface area (Å²) in [6.07, 6.45) is 4.78. The normalized spacial score (nSPS) is 15.9. The molecule has 3 aromatic rings. The van der Waals surface area contributed by atoms with Crippen molar-refractivity contribution in [1.29, 1.82) is 0 Å². The van der Waals surface area contributed by atoms with Crippen LogP contribution in [0.1, 0.15) is 11.1 Å². The lowest BCUT2D eigenvalue weighted by atomic mass is 10.1. The Labute approximate surface area is 149 Å². The Morgan fingerprint density at radius 2 is 1.88 bits per heavy atom. The minimum Gasteiger partial charge on any atom is -0.347 e. The molecule has 0 aliphatic carbocycles. The van der Waals surface area contributed by atoms with Gasteiger partial charge in [-0.3, -0.25) is 9.59 Å². The Morgan fingerprint density at radius 3 is 2.64 bits per heavy atom. The predicted molar refractivity (Wildman–Crippen MR) is 101 cm³/mol. The van der Waals surface area contributed by atoms with E-state index in [1.54, 1.807) is 6.08 Å². The van der Waals surface area contributed by atoms with Crippen molar-refractivity contribution in [3.05, 3.63) is 77.6 Å². The van der Waals surface area contributed by atoms with Crippen LogP contribution < -0.4 is 5.32 Å². The van der Waals surface area contributed by atoms with E-state index in [-0.39, 0.29) is 10.4 Å². The molecule has 0 saturated carbocycles. The van der Waals surface area contributed by atoms with Gasteiger partial charge >= 0.3 is 0 Å². The highest BCUT2D eigenvalue weighted by Gasteiger charge is 2.25. The second-order valence-corrected chi connectivity index (χ2v) is 6.87. The average Bonchev–Trinajstić information content (AvgIpc) is 3.16. The smallest absolute Gasteiger partial charge is 0.291 e. The van der Waals surface area contributed by atoms with Crippen molar-refractivity contribution >= 4 is 39.1 Å². The number of nitrogens with one attached hydrogen (secondary N) is 1. The zero-order valence-electron chi connectivity index (χ0n) is 13.4. The number of hydrogen-bond donors (Lipinski definition) is 1. The Hall–Kier alpha value is -2.79. The summed E-state index contributed by atoms with van der Waals surface area (Å²) in [4.78, 5) is 23.0. The highest BCUT2D eigenvalue weighted by Crippen LogP contribution is 2.23. The van der Waals surface area contributed by atoms with Crippen molar-refractivity contribution in [2.75, 3.05) is 0 Å². The van der Waals surface area contributed by atoms with E-state index in [1.807, 2.05) is 18.2 Å². The van der Waals surface area contributed by atoms with Gasteiger partial charge in [-0.2, -0.15) is 0 Å². The highest BCUT2D eigenvalue weighted by atomic mass is 32.2. The van der Waals surface area contributed by atoms with Crippen LogP contribution in [0.4, 0.5) is 4.79 Å². The number of hydrogen-bond acceptors (Lipinski definition) is 3. The number of carbonyl (C=O) groups excluding carboxylic acids is 2. The summed E-state index contributed by atoms with van der Waals surface area (Å²) in [5.41, 5.74) is 3.67. The van der Waals surface area contributed by atoms with E-state index in [4.69, 9.17) is 0 Å². The molecule has 1 amide bonds. The molecule has 1 N–H and O–H groups in total. The van der Waals surface area contributed by atoms with Gasteiger partial charge in [0.15, 0.2) is 0 Å². The fourth-order valence-electron chi connectivity index (χ4n) is 2.97. The molecule has 4 rings (SSSR count). The summed E-state index contributed by atoms with van der Waals surface area (Å²) < 4.78 is 2.22. The molecule has 2 heterocycles. The third-order valence-electron chi connectivity index (χ3n) is 4.24. The summed E-state index contributed by atoms with van der Waals surface area (Å²) in [7, 11) is 0. The molecule has 1 aliphatic heterocycles. The minimum atomic E-state index is -0.316. The van der Waals surface area contributed by atoms with Crippen LogP contribution in [0.15, 0.2) is 66.5 Å². The van der Waals surface area contributed by atoms with Crippen molar-refractivity contribution in [2.24, 2.45) is 0 Å². The lowest BCUT2D eigenvalue weighted by molar-refractivity contribution is -0.107. The van der Waals surface area contributed by atoms with Crippen molar-refractivity contribution in [2.45, 2.75) is 13.0 Å². The van der Waals surface area contributed by atoms with Gasteiger partial charge < -0.3 is 9.88 Å². The number of nitrogens with zero attached hydrogens (tertiary/aromatic N) is 1. The largest absolute Gasteiger partial charge is 0.347 e. The second kappa shape index (κ2) is 6.61. The van der Waals surface area contributed by atoms with Crippen LogP contribution in [0.2, 0.25) is 0 Å². The van der Waals surface area contributed by atoms with E-state index in [1.165, 1.54) is 5.56 Å². The molecule has 1 aromatic heterocycles. The fourth-order valence-corrected chi connectivity index (χ4v) is 3.52. The van der Waals surface area contributed by atoms with Crippen LogP contribution in [0.5, 0.6) is 0 Å². The molecule has 0 radical (unpaired) electrons. The van der Waals surface area contributed by atoms with Crippen LogP contribution in [0, 0.1) is 0 Å². The summed E-state index contributed by atoms with van der Waals surface area (Å²) in [5, 5.41) is 3.19. The van der Waals surface area contributed by atoms with E-state index in [0.29, 0.717) is 17.5 Å². The third-order valence-corrected chi connectivity index (χ3v) is 4.93. The van der Waals surface area contributed by atoms with Crippen LogP contribution in [-0.4, -0.2) is 14.9 Å². The first kappa shape index (κ1) is 15.7. The standard InChI is InChI=1S/C20H16N2O2S/c23-19-17(21-20(24)25-19)12-15-6-7-16-9-11-22(18(16)13-15)10-8-14-4-2-1-3-5-14/h1-7,9,11-13H,8,10H2,(H,21,24). The maximum absolute atomic E-state index is 11.7. The molecule has 0 unspecified atom stereocenters. The molecule has 1 saturated heterocycles. The summed E-state index contributed by atoms with van der Waals surface area (Å²) in [6, 6.07) is 18.5. The number of amides is 1. The molecule has 25 heavy (non-hydrogen) atoms. The highest BCUT2D eigenvalue weighted by molar-refractivity contribution is 8.27. The van der Waals surface area contributed by atoms with Crippen LogP contribution in [0.25, 0.3) is 17.0 Å². The van der Waals surface area contributed by atoms with E-state index in [9.17, 15) is 9.59 Å². The predicted octanol–water partition coefficient (Wildman–Crippen LogP) is 4.21. The number of aryl methyl sites for hydroxylation is 2. The van der Waals surface area contributed by atoms with E-state index >= 15 is 0 Å². The van der Waals surface area contributed by atoms with Crippen molar-refractivity contribution in [1.82, 2.24) is 9.88 Å². The first-order valence-corrected chi connectivity index (χ1v) is 8.88. The van der Waals surface area contributed by atoms with Gasteiger partial charge in [0.05, 0.1) is 5.70 Å². The molecule has 124 valence electrons. The summed E-state index contributed by atoms with van der Waals surface area (Å²) in [6.45, 7) is 0.888. The number of thioether (sulfide) groups is 1. The number of fused-ring (bicyclic) bond motifs is 1. The van der Waals surface area contributed by atoms with Crippen molar-refractivity contribution in [3.8, 4) is 0 Å². The molecule has 2 aromatic carbocycles. The van der Waals surface area contributed by atoms with Gasteiger partial charge in [0, 0.05) is 30.0 Å². The van der Waals surface area contributed by atoms with Gasteiger partial charge in [0.1, 0.15) is 0 Å². The molecule has 4 nitrogen and oxygen atoms in total. The van der Waals surface area contributed by atoms with Gasteiger partial charge in [-0.15, -0.1) is 0 Å². The molecule has 5 heteroatoms. The van der Waals surface area contributed by atoms with Crippen molar-refractivity contribution < 1.29 is 9.59 Å². The van der Waals surface area contributed by atoms with Crippen molar-refractivity contribution in [3.63, 3.8) is 0 Å². The van der Waals surface area contributed by atoms with E-state index < -0.39 is 0 Å². The zero-order valence-corrected chi connectivity index (χ0v) is 14.3. The molecule has 0 bridgehead atoms. The Morgan fingerprint density at radius 1 is 1.04 bits per heavy atom. The number of benzene rings is 2. The quantitative estimate of drug-likeness (QED) is 0.719. The average molecular weight is 348 g/mol.